The third kappa shape index (κ3) is 4.40. The SMILES string of the molecule is CCOC(=O)N1CCN(c2cc(-c3ccc(F)cc3)nc(-c3ccccc3)n2)CC1. The standard InChI is InChI=1S/C23H23FN4O2/c1-2-30-23(29)28-14-12-27(13-15-28)21-16-20(17-8-10-19(24)11-9-17)25-22(26-21)18-6-4-3-5-7-18/h3-11,16H,2,12-15H2,1H3. The number of carbonyl (C=O) groups excluding carboxylic acids is 1. The zero-order valence-electron chi connectivity index (χ0n) is 16.8. The number of amides is 1. The summed E-state index contributed by atoms with van der Waals surface area (Å²) in [6, 6.07) is 18.0. The number of hydrogen-bond donors (Lipinski definition) is 0. The molecule has 2 aromatic carbocycles. The van der Waals surface area contributed by atoms with E-state index in [0.717, 1.165) is 22.6 Å². The van der Waals surface area contributed by atoms with Crippen LogP contribution < -0.4 is 4.90 Å². The molecule has 0 bridgehead atoms. The molecule has 3 aromatic rings. The molecule has 2 heterocycles. The lowest BCUT2D eigenvalue weighted by Crippen LogP contribution is -2.49. The minimum atomic E-state index is -0.286. The second-order valence-electron chi connectivity index (χ2n) is 6.98. The molecule has 1 aromatic heterocycles. The first-order valence-corrected chi connectivity index (χ1v) is 10.0. The third-order valence-electron chi connectivity index (χ3n) is 5.01. The van der Waals surface area contributed by atoms with Gasteiger partial charge in [0.1, 0.15) is 11.6 Å². The highest BCUT2D eigenvalue weighted by Crippen LogP contribution is 2.27. The van der Waals surface area contributed by atoms with Gasteiger partial charge in [-0.05, 0) is 31.2 Å². The first-order chi connectivity index (χ1) is 14.6. The van der Waals surface area contributed by atoms with Crippen LogP contribution in [0.15, 0.2) is 60.7 Å². The Morgan fingerprint density at radius 1 is 0.967 bits per heavy atom. The van der Waals surface area contributed by atoms with Crippen LogP contribution in [0.1, 0.15) is 6.92 Å². The lowest BCUT2D eigenvalue weighted by molar-refractivity contribution is 0.105. The van der Waals surface area contributed by atoms with Crippen LogP contribution in [0.2, 0.25) is 0 Å². The lowest BCUT2D eigenvalue weighted by atomic mass is 10.1. The fraction of sp³-hybridized carbons (Fsp3) is 0.261. The maximum atomic E-state index is 13.4. The van der Waals surface area contributed by atoms with Crippen molar-refractivity contribution in [2.45, 2.75) is 6.92 Å². The summed E-state index contributed by atoms with van der Waals surface area (Å²) < 4.78 is 18.5. The van der Waals surface area contributed by atoms with Crippen LogP contribution in [0.25, 0.3) is 22.6 Å². The van der Waals surface area contributed by atoms with E-state index in [1.54, 1.807) is 24.0 Å². The van der Waals surface area contributed by atoms with Crippen molar-refractivity contribution in [1.82, 2.24) is 14.9 Å². The van der Waals surface area contributed by atoms with Gasteiger partial charge in [-0.2, -0.15) is 0 Å². The summed E-state index contributed by atoms with van der Waals surface area (Å²) in [5.41, 5.74) is 2.46. The number of piperazine rings is 1. The Balaban J connectivity index is 1.65. The molecular weight excluding hydrogens is 383 g/mol. The van der Waals surface area contributed by atoms with E-state index >= 15 is 0 Å². The van der Waals surface area contributed by atoms with E-state index < -0.39 is 0 Å². The van der Waals surface area contributed by atoms with Crippen molar-refractivity contribution < 1.29 is 13.9 Å². The van der Waals surface area contributed by atoms with E-state index in [4.69, 9.17) is 14.7 Å². The molecule has 0 saturated carbocycles. The maximum Gasteiger partial charge on any atom is 0.409 e. The van der Waals surface area contributed by atoms with Crippen LogP contribution in [0.3, 0.4) is 0 Å². The minimum absolute atomic E-state index is 0.281. The van der Waals surface area contributed by atoms with Gasteiger partial charge in [-0.15, -0.1) is 0 Å². The Kier molecular flexibility index (Phi) is 5.88. The maximum absolute atomic E-state index is 13.4. The van der Waals surface area contributed by atoms with E-state index in [2.05, 4.69) is 4.90 Å². The fourth-order valence-corrected chi connectivity index (χ4v) is 3.41. The van der Waals surface area contributed by atoms with Gasteiger partial charge < -0.3 is 14.5 Å². The normalized spacial score (nSPS) is 13.9. The number of aromatic nitrogens is 2. The van der Waals surface area contributed by atoms with Crippen molar-refractivity contribution in [2.75, 3.05) is 37.7 Å². The molecule has 154 valence electrons. The van der Waals surface area contributed by atoms with Crippen molar-refractivity contribution in [3.05, 3.63) is 66.5 Å². The second kappa shape index (κ2) is 8.90. The molecule has 6 nitrogen and oxygen atoms in total. The largest absolute Gasteiger partial charge is 0.450 e. The van der Waals surface area contributed by atoms with Gasteiger partial charge in [0, 0.05) is 43.4 Å². The summed E-state index contributed by atoms with van der Waals surface area (Å²) in [5.74, 6) is 1.11. The van der Waals surface area contributed by atoms with Crippen molar-refractivity contribution in [1.29, 1.82) is 0 Å². The Labute approximate surface area is 174 Å². The average Bonchev–Trinajstić information content (AvgIpc) is 2.80. The summed E-state index contributed by atoms with van der Waals surface area (Å²) in [5, 5.41) is 0. The van der Waals surface area contributed by atoms with Crippen LogP contribution in [-0.2, 0) is 4.74 Å². The number of carbonyl (C=O) groups is 1. The van der Waals surface area contributed by atoms with Crippen molar-refractivity contribution in [2.24, 2.45) is 0 Å². The van der Waals surface area contributed by atoms with E-state index in [0.29, 0.717) is 38.6 Å². The quantitative estimate of drug-likeness (QED) is 0.649. The highest BCUT2D eigenvalue weighted by atomic mass is 19.1. The first kappa shape index (κ1) is 19.8. The Hall–Kier alpha value is -3.48. The zero-order chi connectivity index (χ0) is 20.9. The number of anilines is 1. The van der Waals surface area contributed by atoms with Gasteiger partial charge in [-0.25, -0.2) is 19.2 Å². The van der Waals surface area contributed by atoms with Crippen LogP contribution in [0, 0.1) is 5.82 Å². The van der Waals surface area contributed by atoms with Crippen LogP contribution in [0.4, 0.5) is 15.0 Å². The molecule has 1 fully saturated rings. The number of halogens is 1. The van der Waals surface area contributed by atoms with E-state index in [1.807, 2.05) is 36.4 Å². The van der Waals surface area contributed by atoms with Crippen LogP contribution in [-0.4, -0.2) is 53.7 Å². The smallest absolute Gasteiger partial charge is 0.409 e. The minimum Gasteiger partial charge on any atom is -0.450 e. The highest BCUT2D eigenvalue weighted by molar-refractivity contribution is 5.69. The van der Waals surface area contributed by atoms with Gasteiger partial charge in [0.25, 0.3) is 0 Å². The van der Waals surface area contributed by atoms with Crippen molar-refractivity contribution in [3.63, 3.8) is 0 Å². The highest BCUT2D eigenvalue weighted by Gasteiger charge is 2.23. The zero-order valence-corrected chi connectivity index (χ0v) is 16.8. The molecule has 0 radical (unpaired) electrons. The molecule has 1 amide bonds. The molecule has 0 spiro atoms. The summed E-state index contributed by atoms with van der Waals surface area (Å²) in [6.45, 7) is 4.59. The molecule has 30 heavy (non-hydrogen) atoms. The van der Waals surface area contributed by atoms with E-state index in [9.17, 15) is 9.18 Å². The Morgan fingerprint density at radius 2 is 1.67 bits per heavy atom. The van der Waals surface area contributed by atoms with Gasteiger partial charge in [0.15, 0.2) is 5.82 Å². The van der Waals surface area contributed by atoms with Gasteiger partial charge in [0.05, 0.1) is 12.3 Å². The molecule has 1 saturated heterocycles. The van der Waals surface area contributed by atoms with E-state index in [1.165, 1.54) is 12.1 Å². The molecule has 0 atom stereocenters. The number of hydrogen-bond acceptors (Lipinski definition) is 5. The van der Waals surface area contributed by atoms with Gasteiger partial charge in [-0.1, -0.05) is 30.3 Å². The molecular formula is C23H23FN4O2. The van der Waals surface area contributed by atoms with Gasteiger partial charge >= 0.3 is 6.09 Å². The molecule has 1 aliphatic heterocycles. The monoisotopic (exact) mass is 406 g/mol. The van der Waals surface area contributed by atoms with Gasteiger partial charge in [0.2, 0.25) is 0 Å². The number of rotatable bonds is 4. The molecule has 4 rings (SSSR count). The second-order valence-corrected chi connectivity index (χ2v) is 6.98. The number of benzene rings is 2. The molecule has 7 heteroatoms. The van der Waals surface area contributed by atoms with Crippen LogP contribution >= 0.6 is 0 Å². The lowest BCUT2D eigenvalue weighted by Gasteiger charge is -2.35. The Morgan fingerprint density at radius 3 is 2.33 bits per heavy atom. The van der Waals surface area contributed by atoms with E-state index in [-0.39, 0.29) is 11.9 Å². The average molecular weight is 406 g/mol. The molecule has 0 aliphatic carbocycles. The first-order valence-electron chi connectivity index (χ1n) is 10.0. The summed E-state index contributed by atoms with van der Waals surface area (Å²) in [4.78, 5) is 25.3. The summed E-state index contributed by atoms with van der Waals surface area (Å²) in [6.07, 6.45) is -0.281. The van der Waals surface area contributed by atoms with Crippen molar-refractivity contribution >= 4 is 11.9 Å². The fourth-order valence-electron chi connectivity index (χ4n) is 3.41. The summed E-state index contributed by atoms with van der Waals surface area (Å²) >= 11 is 0. The number of nitrogens with zero attached hydrogens (tertiary/aromatic N) is 4. The van der Waals surface area contributed by atoms with Crippen LogP contribution in [0.5, 0.6) is 0 Å². The predicted molar refractivity (Wildman–Crippen MR) is 114 cm³/mol. The third-order valence-corrected chi connectivity index (χ3v) is 5.01. The summed E-state index contributed by atoms with van der Waals surface area (Å²) in [7, 11) is 0. The predicted octanol–water partition coefficient (Wildman–Crippen LogP) is 4.23. The van der Waals surface area contributed by atoms with Gasteiger partial charge in [-0.3, -0.25) is 0 Å². The topological polar surface area (TPSA) is 58.6 Å². The molecule has 0 unspecified atom stereocenters. The number of ether oxygens (including phenoxy) is 1. The Bertz CT molecular complexity index is 1000. The molecule has 1 aliphatic rings. The molecule has 0 N–H and O–H groups in total. The van der Waals surface area contributed by atoms with Crippen molar-refractivity contribution in [3.8, 4) is 22.6 Å².